The van der Waals surface area contributed by atoms with E-state index in [1.807, 2.05) is 31.2 Å². The molecule has 0 aliphatic rings. The fourth-order valence-electron chi connectivity index (χ4n) is 2.01. The second-order valence-corrected chi connectivity index (χ2v) is 6.31. The van der Waals surface area contributed by atoms with Gasteiger partial charge >= 0.3 is 0 Å². The molecule has 1 aromatic heterocycles. The van der Waals surface area contributed by atoms with Crippen molar-refractivity contribution in [2.24, 2.45) is 0 Å². The van der Waals surface area contributed by atoms with E-state index in [1.165, 1.54) is 0 Å². The van der Waals surface area contributed by atoms with E-state index in [1.54, 1.807) is 12.3 Å². The van der Waals surface area contributed by atoms with Crippen molar-refractivity contribution in [2.45, 2.75) is 12.7 Å². The summed E-state index contributed by atoms with van der Waals surface area (Å²) in [4.78, 5) is 4.27. The molecule has 0 saturated carbocycles. The lowest BCUT2D eigenvalue weighted by Gasteiger charge is -2.08. The van der Waals surface area contributed by atoms with Crippen LogP contribution in [0.15, 0.2) is 36.5 Å². The van der Waals surface area contributed by atoms with Crippen LogP contribution >= 0.6 is 12.4 Å². The summed E-state index contributed by atoms with van der Waals surface area (Å²) in [6, 6.07) is 9.36. The first-order chi connectivity index (χ1) is 9.62. The van der Waals surface area contributed by atoms with Gasteiger partial charge in [0.05, 0.1) is 11.3 Å². The second-order valence-electron chi connectivity index (χ2n) is 4.50. The Morgan fingerprint density at radius 1 is 1.14 bits per heavy atom. The van der Waals surface area contributed by atoms with Gasteiger partial charge in [0.25, 0.3) is 0 Å². The predicted octanol–water partition coefficient (Wildman–Crippen LogP) is 1.69. The SMILES string of the molecule is CCNCCNS(=O)(=O)Cc1cccc2cccnc12.Cl. The van der Waals surface area contributed by atoms with Crippen molar-refractivity contribution in [3.8, 4) is 0 Å². The normalized spacial score (nSPS) is 11.3. The number of benzene rings is 1. The molecule has 7 heteroatoms. The number of nitrogens with one attached hydrogen (secondary N) is 2. The summed E-state index contributed by atoms with van der Waals surface area (Å²) in [5, 5.41) is 4.03. The average Bonchev–Trinajstić information content (AvgIpc) is 2.44. The molecule has 1 aromatic carbocycles. The van der Waals surface area contributed by atoms with Gasteiger partial charge in [-0.15, -0.1) is 12.4 Å². The Labute approximate surface area is 131 Å². The average molecular weight is 330 g/mol. The lowest BCUT2D eigenvalue weighted by Crippen LogP contribution is -2.32. The van der Waals surface area contributed by atoms with Crippen LogP contribution < -0.4 is 10.0 Å². The number of halogens is 1. The third-order valence-electron chi connectivity index (χ3n) is 2.94. The minimum Gasteiger partial charge on any atom is -0.316 e. The van der Waals surface area contributed by atoms with E-state index in [9.17, 15) is 8.42 Å². The number of para-hydroxylation sites is 1. The Kier molecular flexibility index (Phi) is 7.04. The third kappa shape index (κ3) is 5.24. The van der Waals surface area contributed by atoms with E-state index in [0.717, 1.165) is 23.0 Å². The van der Waals surface area contributed by atoms with E-state index in [2.05, 4.69) is 15.0 Å². The van der Waals surface area contributed by atoms with Crippen molar-refractivity contribution in [1.29, 1.82) is 0 Å². The van der Waals surface area contributed by atoms with Crippen molar-refractivity contribution >= 4 is 33.3 Å². The van der Waals surface area contributed by atoms with Gasteiger partial charge in [-0.05, 0) is 18.2 Å². The van der Waals surface area contributed by atoms with Gasteiger partial charge < -0.3 is 5.32 Å². The molecule has 0 spiro atoms. The standard InChI is InChI=1S/C14H19N3O2S.ClH/c1-2-15-9-10-17-20(18,19)11-13-6-3-5-12-7-4-8-16-14(12)13;/h3-8,15,17H,2,9-11H2,1H3;1H. The topological polar surface area (TPSA) is 71.1 Å². The van der Waals surface area contributed by atoms with Crippen LogP contribution in [-0.4, -0.2) is 33.0 Å². The number of nitrogens with zero attached hydrogens (tertiary/aromatic N) is 1. The van der Waals surface area contributed by atoms with Gasteiger partial charge in [-0.2, -0.15) is 0 Å². The fourth-order valence-corrected chi connectivity index (χ4v) is 3.17. The zero-order chi connectivity index (χ0) is 14.4. The molecule has 0 radical (unpaired) electrons. The molecule has 2 rings (SSSR count). The first-order valence-corrected chi connectivity index (χ1v) is 8.28. The Morgan fingerprint density at radius 2 is 1.90 bits per heavy atom. The number of rotatable bonds is 7. The minimum atomic E-state index is -3.34. The molecule has 0 bridgehead atoms. The van der Waals surface area contributed by atoms with Gasteiger partial charge in [0, 0.05) is 24.7 Å². The van der Waals surface area contributed by atoms with E-state index >= 15 is 0 Å². The number of hydrogen-bond donors (Lipinski definition) is 2. The Balaban J connectivity index is 0.00000220. The van der Waals surface area contributed by atoms with E-state index in [4.69, 9.17) is 0 Å². The predicted molar refractivity (Wildman–Crippen MR) is 88.2 cm³/mol. The highest BCUT2D eigenvalue weighted by Crippen LogP contribution is 2.17. The summed E-state index contributed by atoms with van der Waals surface area (Å²) in [5.74, 6) is -0.0481. The molecule has 2 N–H and O–H groups in total. The lowest BCUT2D eigenvalue weighted by atomic mass is 10.1. The van der Waals surface area contributed by atoms with Crippen LogP contribution in [0.4, 0.5) is 0 Å². The molecule has 0 atom stereocenters. The van der Waals surface area contributed by atoms with Crippen LogP contribution in [-0.2, 0) is 15.8 Å². The fraction of sp³-hybridized carbons (Fsp3) is 0.357. The van der Waals surface area contributed by atoms with Gasteiger partial charge in [-0.25, -0.2) is 13.1 Å². The highest BCUT2D eigenvalue weighted by atomic mass is 35.5. The van der Waals surface area contributed by atoms with Gasteiger partial charge in [0.1, 0.15) is 0 Å². The summed E-state index contributed by atoms with van der Waals surface area (Å²) in [5.41, 5.74) is 1.46. The maximum absolute atomic E-state index is 12.0. The quantitative estimate of drug-likeness (QED) is 0.758. The zero-order valence-corrected chi connectivity index (χ0v) is 13.5. The maximum Gasteiger partial charge on any atom is 0.215 e. The number of hydrogen-bond acceptors (Lipinski definition) is 4. The summed E-state index contributed by atoms with van der Waals surface area (Å²) >= 11 is 0. The van der Waals surface area contributed by atoms with Gasteiger partial charge in [0.15, 0.2) is 0 Å². The molecule has 0 saturated heterocycles. The van der Waals surface area contributed by atoms with Crippen molar-refractivity contribution < 1.29 is 8.42 Å². The summed E-state index contributed by atoms with van der Waals surface area (Å²) in [6.07, 6.45) is 1.68. The van der Waals surface area contributed by atoms with E-state index in [-0.39, 0.29) is 18.2 Å². The van der Waals surface area contributed by atoms with Gasteiger partial charge in [-0.1, -0.05) is 31.2 Å². The molecular formula is C14H20ClN3O2S. The zero-order valence-electron chi connectivity index (χ0n) is 11.9. The first kappa shape index (κ1) is 17.8. The van der Waals surface area contributed by atoms with Crippen LogP contribution in [0.1, 0.15) is 12.5 Å². The molecule has 0 aliphatic carbocycles. The smallest absolute Gasteiger partial charge is 0.215 e. The number of sulfonamides is 1. The second kappa shape index (κ2) is 8.29. The summed E-state index contributed by atoms with van der Waals surface area (Å²) in [6.45, 7) is 3.84. The van der Waals surface area contributed by atoms with Gasteiger partial charge in [0.2, 0.25) is 10.0 Å². The van der Waals surface area contributed by atoms with E-state index in [0.29, 0.717) is 13.1 Å². The van der Waals surface area contributed by atoms with E-state index < -0.39 is 10.0 Å². The summed E-state index contributed by atoms with van der Waals surface area (Å²) < 4.78 is 26.7. The number of fused-ring (bicyclic) bond motifs is 1. The number of likely N-dealkylation sites (N-methyl/N-ethyl adjacent to an activating group) is 1. The molecule has 2 aromatic rings. The summed E-state index contributed by atoms with van der Waals surface area (Å²) in [7, 11) is -3.34. The highest BCUT2D eigenvalue weighted by molar-refractivity contribution is 7.88. The van der Waals surface area contributed by atoms with Crippen molar-refractivity contribution in [1.82, 2.24) is 15.0 Å². The molecule has 1 heterocycles. The minimum absolute atomic E-state index is 0. The Hall–Kier alpha value is -1.21. The molecule has 21 heavy (non-hydrogen) atoms. The first-order valence-electron chi connectivity index (χ1n) is 6.63. The molecule has 0 unspecified atom stereocenters. The molecule has 5 nitrogen and oxygen atoms in total. The largest absolute Gasteiger partial charge is 0.316 e. The van der Waals surface area contributed by atoms with Crippen LogP contribution in [0, 0.1) is 0 Å². The van der Waals surface area contributed by atoms with Crippen molar-refractivity contribution in [3.63, 3.8) is 0 Å². The highest BCUT2D eigenvalue weighted by Gasteiger charge is 2.13. The van der Waals surface area contributed by atoms with Crippen molar-refractivity contribution in [3.05, 3.63) is 42.1 Å². The monoisotopic (exact) mass is 329 g/mol. The van der Waals surface area contributed by atoms with Crippen LogP contribution in [0.3, 0.4) is 0 Å². The lowest BCUT2D eigenvalue weighted by molar-refractivity contribution is 0.576. The third-order valence-corrected chi connectivity index (χ3v) is 4.27. The maximum atomic E-state index is 12.0. The molecule has 0 amide bonds. The van der Waals surface area contributed by atoms with Gasteiger partial charge in [-0.3, -0.25) is 4.98 Å². The van der Waals surface area contributed by atoms with Crippen molar-refractivity contribution in [2.75, 3.05) is 19.6 Å². The molecular weight excluding hydrogens is 310 g/mol. The Bertz CT molecular complexity index is 671. The van der Waals surface area contributed by atoms with Crippen LogP contribution in [0.25, 0.3) is 10.9 Å². The number of aromatic nitrogens is 1. The molecule has 0 fully saturated rings. The molecule has 0 aliphatic heterocycles. The number of pyridine rings is 1. The molecule has 116 valence electrons. The Morgan fingerprint density at radius 3 is 2.67 bits per heavy atom. The van der Waals surface area contributed by atoms with Crippen LogP contribution in [0.5, 0.6) is 0 Å². The van der Waals surface area contributed by atoms with Crippen LogP contribution in [0.2, 0.25) is 0 Å².